The maximum atomic E-state index is 5.58. The minimum absolute atomic E-state index is 0.491. The third kappa shape index (κ3) is 2.71. The lowest BCUT2D eigenvalue weighted by atomic mass is 9.77. The molecule has 2 nitrogen and oxygen atoms in total. The fourth-order valence-electron chi connectivity index (χ4n) is 2.78. The topological polar surface area (TPSA) is 12.5 Å². The SMILES string of the molecule is CC.CC1CC2(CCO1)CCN(C)C2. The standard InChI is InChI=1S/C10H19NO.C2H6/c1-9-7-10(4-6-12-9)3-5-11(2)8-10;1-2/h9H,3-8H2,1-2H3;1-2H3. The van der Waals surface area contributed by atoms with E-state index in [4.69, 9.17) is 4.74 Å². The average Bonchev–Trinajstić information content (AvgIpc) is 2.50. The van der Waals surface area contributed by atoms with Gasteiger partial charge in [-0.05, 0) is 45.2 Å². The van der Waals surface area contributed by atoms with E-state index in [9.17, 15) is 0 Å². The molecule has 2 saturated heterocycles. The molecule has 2 atom stereocenters. The lowest BCUT2D eigenvalue weighted by Crippen LogP contribution is -2.35. The molecule has 0 saturated carbocycles. The van der Waals surface area contributed by atoms with Crippen molar-refractivity contribution >= 4 is 0 Å². The molecule has 2 unspecified atom stereocenters. The molecule has 0 aromatic heterocycles. The smallest absolute Gasteiger partial charge is 0.0552 e. The second-order valence-corrected chi connectivity index (χ2v) is 4.62. The van der Waals surface area contributed by atoms with E-state index in [0.717, 1.165) is 6.61 Å². The van der Waals surface area contributed by atoms with Crippen molar-refractivity contribution in [1.29, 1.82) is 0 Å². The minimum atomic E-state index is 0.491. The summed E-state index contributed by atoms with van der Waals surface area (Å²) in [4.78, 5) is 2.46. The maximum absolute atomic E-state index is 5.58. The van der Waals surface area contributed by atoms with Crippen molar-refractivity contribution < 1.29 is 4.74 Å². The van der Waals surface area contributed by atoms with Gasteiger partial charge in [0.15, 0.2) is 0 Å². The van der Waals surface area contributed by atoms with Crippen LogP contribution in [0, 0.1) is 5.41 Å². The zero-order chi connectivity index (χ0) is 10.6. The lowest BCUT2D eigenvalue weighted by Gasteiger charge is -2.36. The molecule has 2 aliphatic heterocycles. The van der Waals surface area contributed by atoms with Crippen LogP contribution in [0.15, 0.2) is 0 Å². The highest BCUT2D eigenvalue weighted by atomic mass is 16.5. The van der Waals surface area contributed by atoms with Gasteiger partial charge in [-0.25, -0.2) is 0 Å². The normalized spacial score (nSPS) is 38.1. The number of ether oxygens (including phenoxy) is 1. The van der Waals surface area contributed by atoms with Crippen LogP contribution in [0.25, 0.3) is 0 Å². The van der Waals surface area contributed by atoms with E-state index >= 15 is 0 Å². The third-order valence-electron chi connectivity index (χ3n) is 3.38. The molecular formula is C12H25NO. The number of likely N-dealkylation sites (tertiary alicyclic amines) is 1. The summed E-state index contributed by atoms with van der Waals surface area (Å²) in [6, 6.07) is 0. The van der Waals surface area contributed by atoms with Gasteiger partial charge in [-0.1, -0.05) is 13.8 Å². The van der Waals surface area contributed by atoms with E-state index in [1.54, 1.807) is 0 Å². The predicted molar refractivity (Wildman–Crippen MR) is 60.5 cm³/mol. The number of hydrogen-bond acceptors (Lipinski definition) is 2. The molecule has 2 heterocycles. The zero-order valence-corrected chi connectivity index (χ0v) is 10.2. The Morgan fingerprint density at radius 1 is 1.29 bits per heavy atom. The molecule has 84 valence electrons. The summed E-state index contributed by atoms with van der Waals surface area (Å²) >= 11 is 0. The van der Waals surface area contributed by atoms with Crippen LogP contribution >= 0.6 is 0 Å². The fraction of sp³-hybridized carbons (Fsp3) is 1.00. The molecule has 0 aromatic carbocycles. The summed E-state index contributed by atoms with van der Waals surface area (Å²) in [5, 5.41) is 0. The summed E-state index contributed by atoms with van der Waals surface area (Å²) in [5.41, 5.74) is 0.617. The van der Waals surface area contributed by atoms with E-state index in [1.807, 2.05) is 13.8 Å². The molecule has 2 aliphatic rings. The molecular weight excluding hydrogens is 174 g/mol. The van der Waals surface area contributed by atoms with Gasteiger partial charge in [0.25, 0.3) is 0 Å². The van der Waals surface area contributed by atoms with Crippen molar-refractivity contribution in [2.24, 2.45) is 5.41 Å². The largest absolute Gasteiger partial charge is 0.378 e. The van der Waals surface area contributed by atoms with Gasteiger partial charge in [-0.2, -0.15) is 0 Å². The van der Waals surface area contributed by atoms with Crippen molar-refractivity contribution in [3.05, 3.63) is 0 Å². The van der Waals surface area contributed by atoms with E-state index in [2.05, 4.69) is 18.9 Å². The molecule has 0 amide bonds. The predicted octanol–water partition coefficient (Wildman–Crippen LogP) is 2.53. The third-order valence-corrected chi connectivity index (χ3v) is 3.38. The van der Waals surface area contributed by atoms with Crippen molar-refractivity contribution in [2.75, 3.05) is 26.7 Å². The van der Waals surface area contributed by atoms with Gasteiger partial charge in [0.2, 0.25) is 0 Å². The summed E-state index contributed by atoms with van der Waals surface area (Å²) in [6.45, 7) is 9.77. The van der Waals surface area contributed by atoms with Crippen LogP contribution in [-0.4, -0.2) is 37.7 Å². The first-order valence-corrected chi connectivity index (χ1v) is 6.00. The van der Waals surface area contributed by atoms with Crippen molar-refractivity contribution in [3.8, 4) is 0 Å². The van der Waals surface area contributed by atoms with Crippen LogP contribution in [0.4, 0.5) is 0 Å². The summed E-state index contributed by atoms with van der Waals surface area (Å²) < 4.78 is 5.58. The van der Waals surface area contributed by atoms with Gasteiger partial charge in [-0.3, -0.25) is 0 Å². The van der Waals surface area contributed by atoms with Crippen LogP contribution in [0.2, 0.25) is 0 Å². The first kappa shape index (κ1) is 12.0. The highest BCUT2D eigenvalue weighted by molar-refractivity contribution is 4.91. The van der Waals surface area contributed by atoms with E-state index in [-0.39, 0.29) is 0 Å². The van der Waals surface area contributed by atoms with Crippen LogP contribution in [-0.2, 0) is 4.74 Å². The molecule has 2 heteroatoms. The first-order chi connectivity index (χ1) is 6.70. The molecule has 0 N–H and O–H groups in total. The average molecular weight is 199 g/mol. The van der Waals surface area contributed by atoms with E-state index in [1.165, 1.54) is 32.4 Å². The van der Waals surface area contributed by atoms with Gasteiger partial charge in [0.05, 0.1) is 6.10 Å². The number of nitrogens with zero attached hydrogens (tertiary/aromatic N) is 1. The Hall–Kier alpha value is -0.0800. The van der Waals surface area contributed by atoms with Crippen LogP contribution < -0.4 is 0 Å². The van der Waals surface area contributed by atoms with Crippen molar-refractivity contribution in [1.82, 2.24) is 4.90 Å². The lowest BCUT2D eigenvalue weighted by molar-refractivity contribution is -0.0343. The Bertz CT molecular complexity index is 168. The Kier molecular flexibility index (Phi) is 4.39. The Morgan fingerprint density at radius 3 is 2.50 bits per heavy atom. The Morgan fingerprint density at radius 2 is 2.00 bits per heavy atom. The van der Waals surface area contributed by atoms with Crippen LogP contribution in [0.5, 0.6) is 0 Å². The highest BCUT2D eigenvalue weighted by Gasteiger charge is 2.39. The van der Waals surface area contributed by atoms with Gasteiger partial charge in [0.1, 0.15) is 0 Å². The summed E-state index contributed by atoms with van der Waals surface area (Å²) in [5.74, 6) is 0. The van der Waals surface area contributed by atoms with Crippen molar-refractivity contribution in [2.45, 2.75) is 46.1 Å². The first-order valence-electron chi connectivity index (χ1n) is 6.00. The molecule has 2 rings (SSSR count). The molecule has 0 aromatic rings. The molecule has 0 aliphatic carbocycles. The number of hydrogen-bond donors (Lipinski definition) is 0. The molecule has 0 bridgehead atoms. The quantitative estimate of drug-likeness (QED) is 0.594. The fourth-order valence-corrected chi connectivity index (χ4v) is 2.78. The molecule has 2 fully saturated rings. The molecule has 14 heavy (non-hydrogen) atoms. The van der Waals surface area contributed by atoms with Crippen LogP contribution in [0.3, 0.4) is 0 Å². The number of rotatable bonds is 0. The zero-order valence-electron chi connectivity index (χ0n) is 10.2. The second-order valence-electron chi connectivity index (χ2n) is 4.62. The summed E-state index contributed by atoms with van der Waals surface area (Å²) in [7, 11) is 2.23. The Labute approximate surface area is 88.6 Å². The molecule has 0 radical (unpaired) electrons. The van der Waals surface area contributed by atoms with Gasteiger partial charge in [-0.15, -0.1) is 0 Å². The molecule has 1 spiro atoms. The van der Waals surface area contributed by atoms with E-state index in [0.29, 0.717) is 11.5 Å². The van der Waals surface area contributed by atoms with Gasteiger partial charge >= 0.3 is 0 Å². The second kappa shape index (κ2) is 5.13. The van der Waals surface area contributed by atoms with E-state index < -0.39 is 0 Å². The van der Waals surface area contributed by atoms with Gasteiger partial charge < -0.3 is 9.64 Å². The monoisotopic (exact) mass is 199 g/mol. The minimum Gasteiger partial charge on any atom is -0.378 e. The maximum Gasteiger partial charge on any atom is 0.0552 e. The van der Waals surface area contributed by atoms with Crippen LogP contribution in [0.1, 0.15) is 40.0 Å². The van der Waals surface area contributed by atoms with Crippen molar-refractivity contribution in [3.63, 3.8) is 0 Å². The highest BCUT2D eigenvalue weighted by Crippen LogP contribution is 2.40. The Balaban J connectivity index is 0.000000461. The summed E-state index contributed by atoms with van der Waals surface area (Å²) in [6.07, 6.45) is 4.43. The van der Waals surface area contributed by atoms with Gasteiger partial charge in [0, 0.05) is 13.2 Å².